The Morgan fingerprint density at radius 2 is 2.00 bits per heavy atom. The number of hydrogen-bond acceptors (Lipinski definition) is 3. The number of nitrogens with one attached hydrogen (secondary N) is 1. The van der Waals surface area contributed by atoms with Crippen LogP contribution in [0.3, 0.4) is 0 Å². The summed E-state index contributed by atoms with van der Waals surface area (Å²) in [6, 6.07) is 6.25. The van der Waals surface area contributed by atoms with Crippen molar-refractivity contribution in [1.82, 2.24) is 5.32 Å². The first-order valence-electron chi connectivity index (χ1n) is 6.51. The molecular formula is C15H21NO3. The maximum atomic E-state index is 11.4. The van der Waals surface area contributed by atoms with E-state index in [0.717, 1.165) is 6.42 Å². The van der Waals surface area contributed by atoms with Crippen LogP contribution in [-0.2, 0) is 20.7 Å². The van der Waals surface area contributed by atoms with Gasteiger partial charge in [-0.3, -0.25) is 9.59 Å². The van der Waals surface area contributed by atoms with E-state index in [2.05, 4.69) is 37.4 Å². The Labute approximate surface area is 114 Å². The van der Waals surface area contributed by atoms with Crippen LogP contribution in [0, 0.1) is 13.8 Å². The summed E-state index contributed by atoms with van der Waals surface area (Å²) in [6.45, 7) is 6.66. The van der Waals surface area contributed by atoms with Gasteiger partial charge in [-0.2, -0.15) is 0 Å². The van der Waals surface area contributed by atoms with Gasteiger partial charge in [0.1, 0.15) is 6.42 Å². The van der Waals surface area contributed by atoms with Gasteiger partial charge in [-0.1, -0.05) is 23.8 Å². The van der Waals surface area contributed by atoms with Gasteiger partial charge in [-0.15, -0.1) is 0 Å². The topological polar surface area (TPSA) is 55.4 Å². The highest BCUT2D eigenvalue weighted by Gasteiger charge is 2.09. The molecule has 4 nitrogen and oxygen atoms in total. The van der Waals surface area contributed by atoms with Crippen LogP contribution in [0.5, 0.6) is 0 Å². The Balaban J connectivity index is 2.33. The van der Waals surface area contributed by atoms with E-state index in [-0.39, 0.29) is 12.3 Å². The summed E-state index contributed by atoms with van der Waals surface area (Å²) in [4.78, 5) is 22.5. The molecule has 0 aliphatic rings. The molecule has 19 heavy (non-hydrogen) atoms. The highest BCUT2D eigenvalue weighted by Crippen LogP contribution is 2.10. The minimum absolute atomic E-state index is 0.208. The lowest BCUT2D eigenvalue weighted by atomic mass is 10.0. The second-order valence-electron chi connectivity index (χ2n) is 4.51. The molecule has 0 unspecified atom stereocenters. The van der Waals surface area contributed by atoms with Crippen LogP contribution in [0.2, 0.25) is 0 Å². The molecule has 1 aromatic rings. The Hall–Kier alpha value is -1.84. The normalized spacial score (nSPS) is 10.1. The first-order chi connectivity index (χ1) is 9.02. The van der Waals surface area contributed by atoms with E-state index < -0.39 is 5.97 Å². The zero-order valence-electron chi connectivity index (χ0n) is 11.8. The summed E-state index contributed by atoms with van der Waals surface area (Å²) < 4.78 is 4.71. The summed E-state index contributed by atoms with van der Waals surface area (Å²) in [5, 5.41) is 2.72. The number of amides is 1. The van der Waals surface area contributed by atoms with Gasteiger partial charge in [-0.05, 0) is 38.3 Å². The molecule has 0 bridgehead atoms. The van der Waals surface area contributed by atoms with Gasteiger partial charge in [-0.25, -0.2) is 0 Å². The molecule has 0 atom stereocenters. The molecule has 0 heterocycles. The van der Waals surface area contributed by atoms with E-state index in [9.17, 15) is 9.59 Å². The molecule has 4 heteroatoms. The maximum Gasteiger partial charge on any atom is 0.315 e. The van der Waals surface area contributed by atoms with Gasteiger partial charge >= 0.3 is 5.97 Å². The van der Waals surface area contributed by atoms with Gasteiger partial charge in [0, 0.05) is 6.54 Å². The average Bonchev–Trinajstić information content (AvgIpc) is 2.32. The smallest absolute Gasteiger partial charge is 0.315 e. The Morgan fingerprint density at radius 1 is 1.26 bits per heavy atom. The van der Waals surface area contributed by atoms with Crippen molar-refractivity contribution in [2.24, 2.45) is 0 Å². The molecule has 1 aromatic carbocycles. The zero-order chi connectivity index (χ0) is 14.3. The maximum absolute atomic E-state index is 11.4. The molecule has 0 radical (unpaired) electrons. The summed E-state index contributed by atoms with van der Waals surface area (Å²) in [6.07, 6.45) is 0.557. The standard InChI is InChI=1S/C15H21NO3/c1-4-19-15(18)10-14(17)16-8-7-13-6-5-11(2)9-12(13)3/h5-6,9H,4,7-8,10H2,1-3H3,(H,16,17). The summed E-state index contributed by atoms with van der Waals surface area (Å²) in [5.74, 6) is -0.769. The van der Waals surface area contributed by atoms with Crippen molar-refractivity contribution in [3.8, 4) is 0 Å². The van der Waals surface area contributed by atoms with Crippen LogP contribution in [0.4, 0.5) is 0 Å². The lowest BCUT2D eigenvalue weighted by molar-refractivity contribution is -0.145. The van der Waals surface area contributed by atoms with Crippen molar-refractivity contribution >= 4 is 11.9 Å². The summed E-state index contributed by atoms with van der Waals surface area (Å²) in [5.41, 5.74) is 3.66. The van der Waals surface area contributed by atoms with Gasteiger partial charge in [0.25, 0.3) is 0 Å². The number of carbonyl (C=O) groups excluding carboxylic acids is 2. The number of carbonyl (C=O) groups is 2. The molecule has 1 rings (SSSR count). The highest BCUT2D eigenvalue weighted by atomic mass is 16.5. The fourth-order valence-corrected chi connectivity index (χ4v) is 1.87. The van der Waals surface area contributed by atoms with Crippen LogP contribution in [-0.4, -0.2) is 25.0 Å². The molecular weight excluding hydrogens is 242 g/mol. The van der Waals surface area contributed by atoms with Crippen molar-refractivity contribution in [2.75, 3.05) is 13.2 Å². The quantitative estimate of drug-likeness (QED) is 0.630. The van der Waals surface area contributed by atoms with E-state index in [1.165, 1.54) is 16.7 Å². The molecule has 1 N–H and O–H groups in total. The molecule has 1 amide bonds. The Morgan fingerprint density at radius 3 is 2.63 bits per heavy atom. The second kappa shape index (κ2) is 7.56. The van der Waals surface area contributed by atoms with Crippen LogP contribution in [0.1, 0.15) is 30.0 Å². The predicted octanol–water partition coefficient (Wildman–Crippen LogP) is 1.92. The lowest BCUT2D eigenvalue weighted by Gasteiger charge is -2.08. The molecule has 0 aliphatic carbocycles. The first-order valence-corrected chi connectivity index (χ1v) is 6.51. The molecule has 0 aromatic heterocycles. The SMILES string of the molecule is CCOC(=O)CC(=O)NCCc1ccc(C)cc1C. The molecule has 0 saturated heterocycles. The van der Waals surface area contributed by atoms with Gasteiger partial charge in [0.15, 0.2) is 0 Å². The van der Waals surface area contributed by atoms with Crippen LogP contribution in [0.25, 0.3) is 0 Å². The third-order valence-electron chi connectivity index (χ3n) is 2.82. The lowest BCUT2D eigenvalue weighted by Crippen LogP contribution is -2.28. The third kappa shape index (κ3) is 5.55. The number of hydrogen-bond donors (Lipinski definition) is 1. The first kappa shape index (κ1) is 15.2. The van der Waals surface area contributed by atoms with E-state index in [0.29, 0.717) is 13.2 Å². The number of benzene rings is 1. The number of ether oxygens (including phenoxy) is 1. The summed E-state index contributed by atoms with van der Waals surface area (Å²) in [7, 11) is 0. The van der Waals surface area contributed by atoms with Crippen molar-refractivity contribution in [3.63, 3.8) is 0 Å². The van der Waals surface area contributed by atoms with Gasteiger partial charge in [0.2, 0.25) is 5.91 Å². The number of esters is 1. The van der Waals surface area contributed by atoms with Crippen LogP contribution in [0.15, 0.2) is 18.2 Å². The van der Waals surface area contributed by atoms with Crippen molar-refractivity contribution < 1.29 is 14.3 Å². The Bertz CT molecular complexity index is 455. The minimum Gasteiger partial charge on any atom is -0.466 e. The molecule has 0 aliphatic heterocycles. The monoisotopic (exact) mass is 263 g/mol. The third-order valence-corrected chi connectivity index (χ3v) is 2.82. The van der Waals surface area contributed by atoms with E-state index in [1.54, 1.807) is 6.92 Å². The van der Waals surface area contributed by atoms with Gasteiger partial charge in [0.05, 0.1) is 6.61 Å². The number of aryl methyl sites for hydroxylation is 2. The zero-order valence-corrected chi connectivity index (χ0v) is 11.8. The fourth-order valence-electron chi connectivity index (χ4n) is 1.87. The van der Waals surface area contributed by atoms with Crippen molar-refractivity contribution in [1.29, 1.82) is 0 Å². The highest BCUT2D eigenvalue weighted by molar-refractivity contribution is 5.94. The average molecular weight is 263 g/mol. The van der Waals surface area contributed by atoms with Gasteiger partial charge < -0.3 is 10.1 Å². The van der Waals surface area contributed by atoms with Crippen LogP contribution < -0.4 is 5.32 Å². The second-order valence-corrected chi connectivity index (χ2v) is 4.51. The number of rotatable bonds is 6. The Kier molecular flexibility index (Phi) is 6.06. The van der Waals surface area contributed by atoms with Crippen molar-refractivity contribution in [3.05, 3.63) is 34.9 Å². The molecule has 0 spiro atoms. The molecule has 104 valence electrons. The minimum atomic E-state index is -0.480. The van der Waals surface area contributed by atoms with E-state index in [1.807, 2.05) is 0 Å². The summed E-state index contributed by atoms with van der Waals surface area (Å²) >= 11 is 0. The molecule has 0 fully saturated rings. The largest absolute Gasteiger partial charge is 0.466 e. The predicted molar refractivity (Wildman–Crippen MR) is 73.9 cm³/mol. The van der Waals surface area contributed by atoms with Crippen molar-refractivity contribution in [2.45, 2.75) is 33.6 Å². The van der Waals surface area contributed by atoms with E-state index >= 15 is 0 Å². The fraction of sp³-hybridized carbons (Fsp3) is 0.467. The van der Waals surface area contributed by atoms with E-state index in [4.69, 9.17) is 4.74 Å². The molecule has 0 saturated carbocycles. The van der Waals surface area contributed by atoms with Crippen LogP contribution >= 0.6 is 0 Å².